The highest BCUT2D eigenvalue weighted by atomic mass is 14.1. The molecule has 0 aliphatic heterocycles. The molecule has 0 N–H and O–H groups in total. The SMILES string of the molecule is C1=C\c2cc3ccccc3cc2CCc2ccccc2/1. The monoisotopic (exact) mass is 256 g/mol. The lowest BCUT2D eigenvalue weighted by Crippen LogP contribution is -1.99. The third kappa shape index (κ3) is 1.94. The molecule has 3 aromatic carbocycles. The number of rotatable bonds is 0. The van der Waals surface area contributed by atoms with E-state index in [9.17, 15) is 0 Å². The van der Waals surface area contributed by atoms with E-state index in [4.69, 9.17) is 0 Å². The minimum atomic E-state index is 1.11. The highest BCUT2D eigenvalue weighted by Crippen LogP contribution is 2.26. The average Bonchev–Trinajstić information content (AvgIpc) is 2.49. The molecular weight excluding hydrogens is 240 g/mol. The van der Waals surface area contributed by atoms with Crippen molar-refractivity contribution in [3.63, 3.8) is 0 Å². The molecule has 20 heavy (non-hydrogen) atoms. The molecule has 0 aromatic heterocycles. The Kier molecular flexibility index (Phi) is 2.67. The van der Waals surface area contributed by atoms with Gasteiger partial charge in [0.1, 0.15) is 0 Å². The summed E-state index contributed by atoms with van der Waals surface area (Å²) in [6.45, 7) is 0. The molecule has 0 heterocycles. The minimum absolute atomic E-state index is 1.11. The number of hydrogen-bond donors (Lipinski definition) is 0. The Morgan fingerprint density at radius 1 is 0.550 bits per heavy atom. The quantitative estimate of drug-likeness (QED) is 0.524. The van der Waals surface area contributed by atoms with Crippen LogP contribution in [0.2, 0.25) is 0 Å². The van der Waals surface area contributed by atoms with E-state index in [0.717, 1.165) is 12.8 Å². The smallest absolute Gasteiger partial charge is 0.0178 e. The van der Waals surface area contributed by atoms with Crippen molar-refractivity contribution in [3.8, 4) is 0 Å². The predicted molar refractivity (Wildman–Crippen MR) is 86.7 cm³/mol. The summed E-state index contributed by atoms with van der Waals surface area (Å²) in [5.41, 5.74) is 5.61. The summed E-state index contributed by atoms with van der Waals surface area (Å²) in [5.74, 6) is 0. The zero-order chi connectivity index (χ0) is 13.4. The Balaban J connectivity index is 1.90. The fourth-order valence-electron chi connectivity index (χ4n) is 3.05. The Bertz CT molecular complexity index is 809. The molecule has 96 valence electrons. The molecule has 4 rings (SSSR count). The van der Waals surface area contributed by atoms with Crippen molar-refractivity contribution in [1.82, 2.24) is 0 Å². The normalized spacial score (nSPS) is 15.0. The van der Waals surface area contributed by atoms with Crippen molar-refractivity contribution in [2.75, 3.05) is 0 Å². The first-order valence-electron chi connectivity index (χ1n) is 7.18. The fraction of sp³-hybridized carbons (Fsp3) is 0.100. The lowest BCUT2D eigenvalue weighted by molar-refractivity contribution is 0.954. The van der Waals surface area contributed by atoms with Crippen molar-refractivity contribution in [2.45, 2.75) is 12.8 Å². The van der Waals surface area contributed by atoms with Gasteiger partial charge in [0.2, 0.25) is 0 Å². The van der Waals surface area contributed by atoms with Gasteiger partial charge in [-0.3, -0.25) is 0 Å². The summed E-state index contributed by atoms with van der Waals surface area (Å²) in [7, 11) is 0. The second kappa shape index (κ2) is 4.64. The van der Waals surface area contributed by atoms with Crippen LogP contribution in [0.25, 0.3) is 22.9 Å². The Hall–Kier alpha value is -2.34. The second-order valence-corrected chi connectivity index (χ2v) is 5.43. The maximum Gasteiger partial charge on any atom is -0.0178 e. The topological polar surface area (TPSA) is 0 Å². The van der Waals surface area contributed by atoms with Crippen LogP contribution in [0, 0.1) is 0 Å². The zero-order valence-corrected chi connectivity index (χ0v) is 11.3. The highest BCUT2D eigenvalue weighted by molar-refractivity contribution is 5.87. The molecule has 0 fully saturated rings. The summed E-state index contributed by atoms with van der Waals surface area (Å²) in [6.07, 6.45) is 6.75. The number of hydrogen-bond acceptors (Lipinski definition) is 0. The first-order valence-corrected chi connectivity index (χ1v) is 7.18. The standard InChI is InChI=1S/C20H16/c1-2-6-16-10-12-20-14-18-8-4-3-7-17(18)13-19(20)11-9-15(16)5-1/h1-9,11,13-14H,10,12H2/b11-9-. The first kappa shape index (κ1) is 11.5. The van der Waals surface area contributed by atoms with E-state index in [1.807, 2.05) is 0 Å². The van der Waals surface area contributed by atoms with E-state index < -0.39 is 0 Å². The van der Waals surface area contributed by atoms with Crippen LogP contribution >= 0.6 is 0 Å². The van der Waals surface area contributed by atoms with Gasteiger partial charge in [-0.25, -0.2) is 0 Å². The van der Waals surface area contributed by atoms with Crippen LogP contribution in [0.5, 0.6) is 0 Å². The Morgan fingerprint density at radius 3 is 2.10 bits per heavy atom. The van der Waals surface area contributed by atoms with Crippen LogP contribution in [-0.4, -0.2) is 0 Å². The predicted octanol–water partition coefficient (Wildman–Crippen LogP) is 5.11. The van der Waals surface area contributed by atoms with E-state index in [1.54, 1.807) is 0 Å². The molecule has 0 nitrogen and oxygen atoms in total. The maximum atomic E-state index is 2.35. The van der Waals surface area contributed by atoms with Gasteiger partial charge in [-0.05, 0) is 51.9 Å². The molecule has 0 amide bonds. The summed E-state index contributed by atoms with van der Waals surface area (Å²) < 4.78 is 0. The molecule has 1 aliphatic rings. The van der Waals surface area contributed by atoms with Crippen LogP contribution in [0.1, 0.15) is 22.3 Å². The average molecular weight is 256 g/mol. The Labute approximate surface area is 119 Å². The van der Waals surface area contributed by atoms with E-state index in [0.29, 0.717) is 0 Å². The molecule has 0 spiro atoms. The molecule has 0 atom stereocenters. The largest absolute Gasteiger partial charge is 0.0620 e. The maximum absolute atomic E-state index is 2.35. The van der Waals surface area contributed by atoms with Crippen molar-refractivity contribution in [3.05, 3.63) is 82.9 Å². The molecule has 0 saturated carbocycles. The lowest BCUT2D eigenvalue weighted by Gasteiger charge is -2.13. The fourth-order valence-corrected chi connectivity index (χ4v) is 3.05. The van der Waals surface area contributed by atoms with E-state index >= 15 is 0 Å². The molecule has 0 bridgehead atoms. The molecule has 3 aromatic rings. The van der Waals surface area contributed by atoms with Crippen LogP contribution < -0.4 is 0 Å². The third-order valence-corrected chi connectivity index (χ3v) is 4.17. The van der Waals surface area contributed by atoms with Gasteiger partial charge in [0, 0.05) is 0 Å². The molecule has 0 saturated heterocycles. The molecule has 0 radical (unpaired) electrons. The minimum Gasteiger partial charge on any atom is -0.0620 e. The van der Waals surface area contributed by atoms with Gasteiger partial charge in [-0.15, -0.1) is 0 Å². The van der Waals surface area contributed by atoms with Gasteiger partial charge in [-0.1, -0.05) is 66.7 Å². The van der Waals surface area contributed by atoms with Gasteiger partial charge in [0.25, 0.3) is 0 Å². The van der Waals surface area contributed by atoms with E-state index in [1.165, 1.54) is 33.0 Å². The van der Waals surface area contributed by atoms with Gasteiger partial charge in [0.05, 0.1) is 0 Å². The third-order valence-electron chi connectivity index (χ3n) is 4.17. The number of aryl methyl sites for hydroxylation is 2. The van der Waals surface area contributed by atoms with Crippen LogP contribution in [0.3, 0.4) is 0 Å². The van der Waals surface area contributed by atoms with Gasteiger partial charge >= 0.3 is 0 Å². The van der Waals surface area contributed by atoms with E-state index in [-0.39, 0.29) is 0 Å². The summed E-state index contributed by atoms with van der Waals surface area (Å²) in [4.78, 5) is 0. The lowest BCUT2D eigenvalue weighted by atomic mass is 9.91. The molecular formula is C20H16. The van der Waals surface area contributed by atoms with Crippen LogP contribution in [-0.2, 0) is 12.8 Å². The van der Waals surface area contributed by atoms with Crippen molar-refractivity contribution >= 4 is 22.9 Å². The molecule has 0 unspecified atom stereocenters. The highest BCUT2D eigenvalue weighted by Gasteiger charge is 2.08. The van der Waals surface area contributed by atoms with E-state index in [2.05, 4.69) is 72.8 Å². The number of benzene rings is 3. The van der Waals surface area contributed by atoms with Crippen molar-refractivity contribution < 1.29 is 0 Å². The molecule has 0 heteroatoms. The summed E-state index contributed by atoms with van der Waals surface area (Å²) in [5, 5.41) is 2.67. The van der Waals surface area contributed by atoms with Gasteiger partial charge in [-0.2, -0.15) is 0 Å². The summed E-state index contributed by atoms with van der Waals surface area (Å²) in [6, 6.07) is 22.0. The van der Waals surface area contributed by atoms with Crippen molar-refractivity contribution in [2.24, 2.45) is 0 Å². The first-order chi connectivity index (χ1) is 9.90. The number of fused-ring (bicyclic) bond motifs is 3. The van der Waals surface area contributed by atoms with Gasteiger partial charge in [0.15, 0.2) is 0 Å². The molecule has 1 aliphatic carbocycles. The second-order valence-electron chi connectivity index (χ2n) is 5.43. The van der Waals surface area contributed by atoms with Crippen LogP contribution in [0.4, 0.5) is 0 Å². The van der Waals surface area contributed by atoms with Crippen molar-refractivity contribution in [1.29, 1.82) is 0 Å². The zero-order valence-electron chi connectivity index (χ0n) is 11.3. The Morgan fingerprint density at radius 2 is 1.20 bits per heavy atom. The van der Waals surface area contributed by atoms with Crippen LogP contribution in [0.15, 0.2) is 60.7 Å². The summed E-state index contributed by atoms with van der Waals surface area (Å²) >= 11 is 0. The van der Waals surface area contributed by atoms with Gasteiger partial charge < -0.3 is 0 Å².